The summed E-state index contributed by atoms with van der Waals surface area (Å²) in [6.07, 6.45) is 3.24. The van der Waals surface area contributed by atoms with Crippen LogP contribution in [0.4, 0.5) is 0 Å². The number of fused-ring (bicyclic) bond motifs is 1. The van der Waals surface area contributed by atoms with Crippen LogP contribution >= 0.6 is 0 Å². The van der Waals surface area contributed by atoms with Crippen molar-refractivity contribution in [1.82, 2.24) is 14.9 Å². The molecule has 1 aromatic heterocycles. The van der Waals surface area contributed by atoms with Gasteiger partial charge in [-0.3, -0.25) is 9.59 Å². The van der Waals surface area contributed by atoms with Gasteiger partial charge in [-0.1, -0.05) is 18.2 Å². The van der Waals surface area contributed by atoms with Gasteiger partial charge in [0.1, 0.15) is 5.82 Å². The maximum Gasteiger partial charge on any atom is 0.258 e. The molecule has 1 N–H and O–H groups in total. The van der Waals surface area contributed by atoms with E-state index in [1.54, 1.807) is 29.2 Å². The first-order chi connectivity index (χ1) is 15.0. The van der Waals surface area contributed by atoms with Gasteiger partial charge in [-0.25, -0.2) is 4.98 Å². The molecule has 0 fully saturated rings. The average molecular weight is 421 g/mol. The molecule has 0 spiro atoms. The van der Waals surface area contributed by atoms with Crippen molar-refractivity contribution in [2.75, 3.05) is 19.8 Å². The van der Waals surface area contributed by atoms with Gasteiger partial charge in [0, 0.05) is 12.6 Å². The van der Waals surface area contributed by atoms with Crippen LogP contribution in [-0.4, -0.2) is 40.5 Å². The number of aromatic nitrogens is 2. The van der Waals surface area contributed by atoms with Crippen molar-refractivity contribution in [3.63, 3.8) is 0 Å². The molecular formula is C24H27N3O4. The minimum Gasteiger partial charge on any atom is -0.490 e. The Morgan fingerprint density at radius 2 is 1.81 bits per heavy atom. The minimum atomic E-state index is -0.211. The van der Waals surface area contributed by atoms with Gasteiger partial charge in [0.25, 0.3) is 5.56 Å². The van der Waals surface area contributed by atoms with Gasteiger partial charge >= 0.3 is 0 Å². The van der Waals surface area contributed by atoms with Crippen LogP contribution in [0.2, 0.25) is 0 Å². The van der Waals surface area contributed by atoms with E-state index in [0.717, 1.165) is 5.56 Å². The summed E-state index contributed by atoms with van der Waals surface area (Å²) in [4.78, 5) is 33.9. The monoisotopic (exact) mass is 421 g/mol. The predicted molar refractivity (Wildman–Crippen MR) is 121 cm³/mol. The third-order valence-electron chi connectivity index (χ3n) is 4.68. The molecule has 3 aromatic rings. The standard InChI is InChI=1S/C24H27N3O4/c1-4-27(16-22-25-19-10-8-7-9-18(19)24(29)26-22)23(28)14-12-17-11-13-20(30-5-2)21(15-17)31-6-3/h7-15H,4-6,16H2,1-3H3,(H,25,26,29). The number of nitrogens with one attached hydrogen (secondary N) is 1. The fraction of sp³-hybridized carbons (Fsp3) is 0.292. The molecule has 0 unspecified atom stereocenters. The molecule has 0 aliphatic rings. The lowest BCUT2D eigenvalue weighted by atomic mass is 10.2. The molecule has 0 atom stereocenters. The summed E-state index contributed by atoms with van der Waals surface area (Å²) in [5.74, 6) is 1.59. The lowest BCUT2D eigenvalue weighted by molar-refractivity contribution is -0.126. The second kappa shape index (κ2) is 10.4. The third kappa shape index (κ3) is 5.51. The lowest BCUT2D eigenvalue weighted by Gasteiger charge is -2.18. The Bertz CT molecular complexity index is 1140. The zero-order valence-corrected chi connectivity index (χ0v) is 18.1. The number of aromatic amines is 1. The third-order valence-corrected chi connectivity index (χ3v) is 4.68. The Morgan fingerprint density at radius 3 is 2.55 bits per heavy atom. The number of H-pyrrole nitrogens is 1. The second-order valence-corrected chi connectivity index (χ2v) is 6.79. The van der Waals surface area contributed by atoms with E-state index in [9.17, 15) is 9.59 Å². The summed E-state index contributed by atoms with van der Waals surface area (Å²) in [7, 11) is 0. The van der Waals surface area contributed by atoms with Crippen LogP contribution in [0, 0.1) is 0 Å². The van der Waals surface area contributed by atoms with Gasteiger partial charge in [-0.15, -0.1) is 0 Å². The number of benzene rings is 2. The maximum absolute atomic E-state index is 12.7. The second-order valence-electron chi connectivity index (χ2n) is 6.79. The van der Waals surface area contributed by atoms with Crippen LogP contribution in [0.1, 0.15) is 32.2 Å². The van der Waals surface area contributed by atoms with Crippen LogP contribution in [0.25, 0.3) is 17.0 Å². The Hall–Kier alpha value is -3.61. The summed E-state index contributed by atoms with van der Waals surface area (Å²) < 4.78 is 11.2. The minimum absolute atomic E-state index is 0.176. The molecule has 0 radical (unpaired) electrons. The van der Waals surface area contributed by atoms with E-state index >= 15 is 0 Å². The number of nitrogens with zero attached hydrogens (tertiary/aromatic N) is 2. The highest BCUT2D eigenvalue weighted by atomic mass is 16.5. The van der Waals surface area contributed by atoms with Crippen LogP contribution in [0.3, 0.4) is 0 Å². The first kappa shape index (κ1) is 22.1. The van der Waals surface area contributed by atoms with Crippen LogP contribution in [0.15, 0.2) is 53.3 Å². The first-order valence-electron chi connectivity index (χ1n) is 10.4. The van der Waals surface area contributed by atoms with Crippen LogP contribution in [0.5, 0.6) is 11.5 Å². The Balaban J connectivity index is 1.76. The molecule has 7 heteroatoms. The normalized spacial score (nSPS) is 11.1. The van der Waals surface area contributed by atoms with E-state index in [2.05, 4.69) is 9.97 Å². The van der Waals surface area contributed by atoms with Gasteiger partial charge < -0.3 is 19.4 Å². The van der Waals surface area contributed by atoms with Gasteiger partial charge in [-0.05, 0) is 56.7 Å². The van der Waals surface area contributed by atoms with E-state index in [-0.39, 0.29) is 18.0 Å². The molecule has 0 aliphatic heterocycles. The summed E-state index contributed by atoms with van der Waals surface area (Å²) in [6, 6.07) is 12.7. The molecular weight excluding hydrogens is 394 g/mol. The number of ether oxygens (including phenoxy) is 2. The number of rotatable bonds is 9. The Kier molecular flexibility index (Phi) is 7.43. The molecule has 0 bridgehead atoms. The smallest absolute Gasteiger partial charge is 0.258 e. The summed E-state index contributed by atoms with van der Waals surface area (Å²) >= 11 is 0. The highest BCUT2D eigenvalue weighted by Crippen LogP contribution is 2.29. The van der Waals surface area contributed by atoms with Crippen LogP contribution < -0.4 is 15.0 Å². The maximum atomic E-state index is 12.7. The Morgan fingerprint density at radius 1 is 1.06 bits per heavy atom. The number of para-hydroxylation sites is 1. The van der Waals surface area contributed by atoms with Crippen LogP contribution in [-0.2, 0) is 11.3 Å². The van der Waals surface area contributed by atoms with Crippen molar-refractivity contribution in [3.05, 3.63) is 70.3 Å². The topological polar surface area (TPSA) is 84.5 Å². The van der Waals surface area contributed by atoms with Crippen molar-refractivity contribution < 1.29 is 14.3 Å². The molecule has 162 valence electrons. The predicted octanol–water partition coefficient (Wildman–Crippen LogP) is 3.78. The number of hydrogen-bond donors (Lipinski definition) is 1. The van der Waals surface area contributed by atoms with E-state index < -0.39 is 0 Å². The largest absolute Gasteiger partial charge is 0.490 e. The van der Waals surface area contributed by atoms with Gasteiger partial charge in [0.15, 0.2) is 11.5 Å². The Labute approximate surface area is 181 Å². The van der Waals surface area contributed by atoms with E-state index in [1.807, 2.05) is 45.0 Å². The van der Waals surface area contributed by atoms with Gasteiger partial charge in [0.05, 0.1) is 30.7 Å². The molecule has 31 heavy (non-hydrogen) atoms. The number of carbonyl (C=O) groups is 1. The number of amides is 1. The van der Waals surface area contributed by atoms with Crippen molar-refractivity contribution in [2.24, 2.45) is 0 Å². The van der Waals surface area contributed by atoms with E-state index in [1.165, 1.54) is 6.08 Å². The van der Waals surface area contributed by atoms with Gasteiger partial charge in [0.2, 0.25) is 5.91 Å². The first-order valence-corrected chi connectivity index (χ1v) is 10.4. The molecule has 0 saturated heterocycles. The van der Waals surface area contributed by atoms with E-state index in [0.29, 0.717) is 48.0 Å². The van der Waals surface area contributed by atoms with Gasteiger partial charge in [-0.2, -0.15) is 0 Å². The summed E-state index contributed by atoms with van der Waals surface area (Å²) in [5, 5.41) is 0.529. The average Bonchev–Trinajstić information content (AvgIpc) is 2.77. The zero-order chi connectivity index (χ0) is 22.2. The molecule has 1 amide bonds. The lowest BCUT2D eigenvalue weighted by Crippen LogP contribution is -2.30. The fourth-order valence-electron chi connectivity index (χ4n) is 3.18. The van der Waals surface area contributed by atoms with Crippen molar-refractivity contribution in [2.45, 2.75) is 27.3 Å². The zero-order valence-electron chi connectivity index (χ0n) is 18.1. The summed E-state index contributed by atoms with van der Waals surface area (Å²) in [6.45, 7) is 7.47. The molecule has 1 heterocycles. The molecule has 3 rings (SSSR count). The number of hydrogen-bond acceptors (Lipinski definition) is 5. The SMILES string of the molecule is CCOc1ccc(C=CC(=O)N(CC)Cc2nc3ccccc3c(=O)[nH]2)cc1OCC. The molecule has 0 saturated carbocycles. The highest BCUT2D eigenvalue weighted by Gasteiger charge is 2.12. The molecule has 2 aromatic carbocycles. The quantitative estimate of drug-likeness (QED) is 0.532. The number of likely N-dealkylation sites (N-methyl/N-ethyl adjacent to an activating group) is 1. The van der Waals surface area contributed by atoms with Crippen molar-refractivity contribution >= 4 is 22.9 Å². The van der Waals surface area contributed by atoms with Crippen molar-refractivity contribution in [3.8, 4) is 11.5 Å². The van der Waals surface area contributed by atoms with Crippen molar-refractivity contribution in [1.29, 1.82) is 0 Å². The summed E-state index contributed by atoms with van der Waals surface area (Å²) in [5.41, 5.74) is 1.23. The van der Waals surface area contributed by atoms with E-state index in [4.69, 9.17) is 9.47 Å². The fourth-order valence-corrected chi connectivity index (χ4v) is 3.18. The number of carbonyl (C=O) groups excluding carboxylic acids is 1. The highest BCUT2D eigenvalue weighted by molar-refractivity contribution is 5.91. The molecule has 7 nitrogen and oxygen atoms in total. The molecule has 0 aliphatic carbocycles.